The third-order valence-electron chi connectivity index (χ3n) is 2.71. The molecule has 0 saturated heterocycles. The van der Waals surface area contributed by atoms with E-state index in [0.29, 0.717) is 17.5 Å². The Hall–Kier alpha value is -1.85. The largest absolute Gasteiger partial charge is 0.467 e. The Balaban J connectivity index is 3.04. The maximum absolute atomic E-state index is 11.7. The molecular weight excluding hydrogens is 232 g/mol. The first-order chi connectivity index (χ1) is 8.36. The zero-order valence-electron chi connectivity index (χ0n) is 11.4. The fourth-order valence-corrected chi connectivity index (χ4v) is 1.56. The topological polar surface area (TPSA) is 90.1 Å². The number of hydrogen-bond acceptors (Lipinski definition) is 6. The van der Waals surface area contributed by atoms with Crippen LogP contribution in [0.25, 0.3) is 0 Å². The Morgan fingerprint density at radius 1 is 1.33 bits per heavy atom. The molecule has 0 saturated carbocycles. The van der Waals surface area contributed by atoms with E-state index in [4.69, 9.17) is 10.5 Å². The van der Waals surface area contributed by atoms with Crippen LogP contribution in [0.1, 0.15) is 25.2 Å². The zero-order chi connectivity index (χ0) is 13.9. The van der Waals surface area contributed by atoms with Gasteiger partial charge in [-0.25, -0.2) is 14.8 Å². The van der Waals surface area contributed by atoms with E-state index in [2.05, 4.69) is 15.3 Å². The van der Waals surface area contributed by atoms with E-state index >= 15 is 0 Å². The van der Waals surface area contributed by atoms with Crippen molar-refractivity contribution in [3.05, 3.63) is 11.4 Å². The SMILES string of the molecule is COC(=O)C(Nc1nc(C)nc(N)c1C)C(C)C. The third kappa shape index (κ3) is 3.09. The number of aromatic nitrogens is 2. The summed E-state index contributed by atoms with van der Waals surface area (Å²) in [6, 6.07) is -0.456. The Bertz CT molecular complexity index is 446. The molecule has 6 nitrogen and oxygen atoms in total. The predicted molar refractivity (Wildman–Crippen MR) is 70.2 cm³/mol. The van der Waals surface area contributed by atoms with Gasteiger partial charge in [0, 0.05) is 5.56 Å². The molecule has 1 heterocycles. The van der Waals surface area contributed by atoms with Crippen LogP contribution in [0.5, 0.6) is 0 Å². The number of rotatable bonds is 4. The molecule has 1 atom stereocenters. The lowest BCUT2D eigenvalue weighted by Crippen LogP contribution is -2.36. The predicted octanol–water partition coefficient (Wildman–Crippen LogP) is 1.29. The molecule has 18 heavy (non-hydrogen) atoms. The maximum atomic E-state index is 11.7. The fraction of sp³-hybridized carbons (Fsp3) is 0.583. The van der Waals surface area contributed by atoms with Crippen LogP contribution in [0.15, 0.2) is 0 Å². The van der Waals surface area contributed by atoms with E-state index < -0.39 is 6.04 Å². The van der Waals surface area contributed by atoms with Crippen LogP contribution in [0.2, 0.25) is 0 Å². The molecule has 3 N–H and O–H groups in total. The monoisotopic (exact) mass is 252 g/mol. The summed E-state index contributed by atoms with van der Waals surface area (Å²) < 4.78 is 4.77. The van der Waals surface area contributed by atoms with Gasteiger partial charge in [0.2, 0.25) is 0 Å². The van der Waals surface area contributed by atoms with Gasteiger partial charge in [-0.15, -0.1) is 0 Å². The van der Waals surface area contributed by atoms with E-state index in [-0.39, 0.29) is 11.9 Å². The summed E-state index contributed by atoms with van der Waals surface area (Å²) in [5, 5.41) is 3.07. The summed E-state index contributed by atoms with van der Waals surface area (Å²) >= 11 is 0. The van der Waals surface area contributed by atoms with Gasteiger partial charge in [-0.2, -0.15) is 0 Å². The van der Waals surface area contributed by atoms with Gasteiger partial charge in [0.15, 0.2) is 0 Å². The van der Waals surface area contributed by atoms with Gasteiger partial charge in [0.05, 0.1) is 7.11 Å². The van der Waals surface area contributed by atoms with E-state index in [1.165, 1.54) is 7.11 Å². The van der Waals surface area contributed by atoms with Crippen molar-refractivity contribution < 1.29 is 9.53 Å². The van der Waals surface area contributed by atoms with Crippen molar-refractivity contribution in [2.45, 2.75) is 33.7 Å². The van der Waals surface area contributed by atoms with Gasteiger partial charge in [-0.1, -0.05) is 13.8 Å². The number of carbonyl (C=O) groups excluding carboxylic acids is 1. The zero-order valence-corrected chi connectivity index (χ0v) is 11.4. The van der Waals surface area contributed by atoms with E-state index in [1.54, 1.807) is 6.92 Å². The lowest BCUT2D eigenvalue weighted by molar-refractivity contribution is -0.142. The van der Waals surface area contributed by atoms with Gasteiger partial charge in [0.1, 0.15) is 23.5 Å². The van der Waals surface area contributed by atoms with E-state index in [9.17, 15) is 4.79 Å². The van der Waals surface area contributed by atoms with Gasteiger partial charge in [-0.05, 0) is 19.8 Å². The number of ether oxygens (including phenoxy) is 1. The molecule has 0 aromatic carbocycles. The van der Waals surface area contributed by atoms with Crippen molar-refractivity contribution in [2.75, 3.05) is 18.2 Å². The second-order valence-corrected chi connectivity index (χ2v) is 4.52. The lowest BCUT2D eigenvalue weighted by Gasteiger charge is -2.21. The number of methoxy groups -OCH3 is 1. The highest BCUT2D eigenvalue weighted by molar-refractivity contribution is 5.79. The summed E-state index contributed by atoms with van der Waals surface area (Å²) in [5.74, 6) is 1.31. The molecule has 1 aromatic heterocycles. The smallest absolute Gasteiger partial charge is 0.328 e. The van der Waals surface area contributed by atoms with Crippen LogP contribution in [0.4, 0.5) is 11.6 Å². The molecule has 0 amide bonds. The first-order valence-corrected chi connectivity index (χ1v) is 5.81. The van der Waals surface area contributed by atoms with E-state index in [0.717, 1.165) is 5.56 Å². The number of nitrogens with one attached hydrogen (secondary N) is 1. The molecule has 6 heteroatoms. The number of anilines is 2. The van der Waals surface area contributed by atoms with Crippen molar-refractivity contribution in [1.82, 2.24) is 9.97 Å². The Morgan fingerprint density at radius 3 is 2.44 bits per heavy atom. The van der Waals surface area contributed by atoms with Crippen LogP contribution in [0, 0.1) is 19.8 Å². The molecule has 0 radical (unpaired) electrons. The average molecular weight is 252 g/mol. The van der Waals surface area contributed by atoms with Crippen molar-refractivity contribution >= 4 is 17.6 Å². The van der Waals surface area contributed by atoms with Crippen molar-refractivity contribution in [3.8, 4) is 0 Å². The standard InChI is InChI=1S/C12H20N4O2/c1-6(2)9(12(17)18-5)16-11-7(3)10(13)14-8(4)15-11/h6,9H,1-5H3,(H3,13,14,15,16). The summed E-state index contributed by atoms with van der Waals surface area (Å²) in [7, 11) is 1.37. The first-order valence-electron chi connectivity index (χ1n) is 5.81. The second-order valence-electron chi connectivity index (χ2n) is 4.52. The molecule has 0 aliphatic rings. The minimum atomic E-state index is -0.456. The fourth-order valence-electron chi connectivity index (χ4n) is 1.56. The van der Waals surface area contributed by atoms with Crippen LogP contribution in [-0.2, 0) is 9.53 Å². The first kappa shape index (κ1) is 14.2. The molecule has 1 unspecified atom stereocenters. The van der Waals surface area contributed by atoms with Gasteiger partial charge >= 0.3 is 5.97 Å². The minimum Gasteiger partial charge on any atom is -0.467 e. The molecule has 0 aliphatic heterocycles. The van der Waals surface area contributed by atoms with Crippen LogP contribution < -0.4 is 11.1 Å². The van der Waals surface area contributed by atoms with Gasteiger partial charge in [0.25, 0.3) is 0 Å². The second kappa shape index (κ2) is 5.66. The molecule has 0 aliphatic carbocycles. The van der Waals surface area contributed by atoms with Crippen LogP contribution in [-0.4, -0.2) is 29.1 Å². The lowest BCUT2D eigenvalue weighted by atomic mass is 10.0. The molecule has 100 valence electrons. The van der Waals surface area contributed by atoms with Crippen molar-refractivity contribution in [1.29, 1.82) is 0 Å². The third-order valence-corrected chi connectivity index (χ3v) is 2.71. The summed E-state index contributed by atoms with van der Waals surface area (Å²) in [5.41, 5.74) is 6.51. The van der Waals surface area contributed by atoms with E-state index in [1.807, 2.05) is 20.8 Å². The Labute approximate surface area is 107 Å². The number of nitrogens with zero attached hydrogens (tertiary/aromatic N) is 2. The minimum absolute atomic E-state index is 0.0772. The van der Waals surface area contributed by atoms with Crippen molar-refractivity contribution in [3.63, 3.8) is 0 Å². The maximum Gasteiger partial charge on any atom is 0.328 e. The van der Waals surface area contributed by atoms with Gasteiger partial charge in [-0.3, -0.25) is 0 Å². The highest BCUT2D eigenvalue weighted by Crippen LogP contribution is 2.20. The number of esters is 1. The number of carbonyl (C=O) groups is 1. The summed E-state index contributed by atoms with van der Waals surface area (Å²) in [6.07, 6.45) is 0. The van der Waals surface area contributed by atoms with Crippen LogP contribution in [0.3, 0.4) is 0 Å². The number of nitrogens with two attached hydrogens (primary N) is 1. The number of nitrogen functional groups attached to an aromatic ring is 1. The molecular formula is C12H20N4O2. The van der Waals surface area contributed by atoms with Crippen LogP contribution >= 0.6 is 0 Å². The molecule has 1 aromatic rings. The molecule has 1 rings (SSSR count). The molecule has 0 fully saturated rings. The summed E-state index contributed by atoms with van der Waals surface area (Å²) in [6.45, 7) is 7.43. The summed E-state index contributed by atoms with van der Waals surface area (Å²) in [4.78, 5) is 20.0. The normalized spacial score (nSPS) is 12.3. The number of hydrogen-bond donors (Lipinski definition) is 2. The quantitative estimate of drug-likeness (QED) is 0.785. The highest BCUT2D eigenvalue weighted by atomic mass is 16.5. The Kier molecular flexibility index (Phi) is 4.47. The Morgan fingerprint density at radius 2 is 1.94 bits per heavy atom. The average Bonchev–Trinajstić information content (AvgIpc) is 2.30. The number of aryl methyl sites for hydroxylation is 1. The van der Waals surface area contributed by atoms with Gasteiger partial charge < -0.3 is 15.8 Å². The molecule has 0 spiro atoms. The highest BCUT2D eigenvalue weighted by Gasteiger charge is 2.24. The van der Waals surface area contributed by atoms with Crippen molar-refractivity contribution in [2.24, 2.45) is 5.92 Å². The molecule has 0 bridgehead atoms.